The summed E-state index contributed by atoms with van der Waals surface area (Å²) in [7, 11) is 0. The monoisotopic (exact) mass is 210 g/mol. The average molecular weight is 210 g/mol. The smallest absolute Gasteiger partial charge is 0.0107 e. The Morgan fingerprint density at radius 2 is 1.60 bits per heavy atom. The quantitative estimate of drug-likeness (QED) is 0.766. The molecule has 1 heterocycles. The second-order valence-electron chi connectivity index (χ2n) is 6.38. The molecule has 2 aliphatic rings. The van der Waals surface area contributed by atoms with Crippen LogP contribution in [0.1, 0.15) is 34.1 Å². The van der Waals surface area contributed by atoms with E-state index in [9.17, 15) is 0 Å². The highest BCUT2D eigenvalue weighted by molar-refractivity contribution is 5.12. The Kier molecular flexibility index (Phi) is 2.85. The van der Waals surface area contributed by atoms with Gasteiger partial charge in [0.2, 0.25) is 0 Å². The van der Waals surface area contributed by atoms with Crippen LogP contribution in [0.3, 0.4) is 0 Å². The minimum Gasteiger partial charge on any atom is -0.314 e. The molecule has 1 saturated heterocycles. The molecular formula is C13H26N2. The van der Waals surface area contributed by atoms with Crippen molar-refractivity contribution in [2.45, 2.75) is 34.1 Å². The molecule has 2 rings (SSSR count). The fourth-order valence-electron chi connectivity index (χ4n) is 3.30. The van der Waals surface area contributed by atoms with E-state index in [1.807, 2.05) is 0 Å². The van der Waals surface area contributed by atoms with E-state index in [2.05, 4.69) is 37.9 Å². The summed E-state index contributed by atoms with van der Waals surface area (Å²) < 4.78 is 0. The van der Waals surface area contributed by atoms with Crippen molar-refractivity contribution >= 4 is 0 Å². The molecule has 0 amide bonds. The summed E-state index contributed by atoms with van der Waals surface area (Å²) in [4.78, 5) is 2.61. The van der Waals surface area contributed by atoms with E-state index >= 15 is 0 Å². The molecule has 1 N–H and O–H groups in total. The van der Waals surface area contributed by atoms with Crippen LogP contribution in [0.25, 0.3) is 0 Å². The van der Waals surface area contributed by atoms with Crippen LogP contribution in [0, 0.1) is 16.7 Å². The van der Waals surface area contributed by atoms with E-state index in [0.29, 0.717) is 10.8 Å². The lowest BCUT2D eigenvalue weighted by Gasteiger charge is -2.27. The molecule has 88 valence electrons. The summed E-state index contributed by atoms with van der Waals surface area (Å²) in [5.41, 5.74) is 1.14. The first-order chi connectivity index (χ1) is 6.96. The second kappa shape index (κ2) is 3.74. The highest BCUT2D eigenvalue weighted by Crippen LogP contribution is 2.69. The molecule has 1 aliphatic carbocycles. The molecule has 0 aromatic heterocycles. The van der Waals surface area contributed by atoms with Gasteiger partial charge in [-0.3, -0.25) is 0 Å². The third-order valence-electron chi connectivity index (χ3n) is 5.26. The maximum absolute atomic E-state index is 3.41. The summed E-state index contributed by atoms with van der Waals surface area (Å²) in [5.74, 6) is 0.930. The van der Waals surface area contributed by atoms with Gasteiger partial charge in [0.1, 0.15) is 0 Å². The van der Waals surface area contributed by atoms with Crippen molar-refractivity contribution in [3.05, 3.63) is 0 Å². The minimum absolute atomic E-state index is 0.570. The first kappa shape index (κ1) is 11.4. The van der Waals surface area contributed by atoms with Gasteiger partial charge in [0.25, 0.3) is 0 Å². The van der Waals surface area contributed by atoms with Crippen molar-refractivity contribution < 1.29 is 0 Å². The van der Waals surface area contributed by atoms with Crippen LogP contribution in [0.15, 0.2) is 0 Å². The van der Waals surface area contributed by atoms with Crippen LogP contribution in [-0.4, -0.2) is 37.6 Å². The fraction of sp³-hybridized carbons (Fsp3) is 1.00. The van der Waals surface area contributed by atoms with E-state index < -0.39 is 0 Å². The maximum atomic E-state index is 3.41. The summed E-state index contributed by atoms with van der Waals surface area (Å²) in [5, 5.41) is 3.41. The molecule has 0 bridgehead atoms. The first-order valence-electron chi connectivity index (χ1n) is 6.39. The Bertz CT molecular complexity index is 213. The molecule has 0 aromatic carbocycles. The van der Waals surface area contributed by atoms with Gasteiger partial charge in [0.15, 0.2) is 0 Å². The van der Waals surface area contributed by atoms with Gasteiger partial charge in [-0.1, -0.05) is 27.7 Å². The van der Waals surface area contributed by atoms with Gasteiger partial charge >= 0.3 is 0 Å². The van der Waals surface area contributed by atoms with Crippen LogP contribution in [0.5, 0.6) is 0 Å². The average Bonchev–Trinajstić information content (AvgIpc) is 2.57. The molecule has 2 fully saturated rings. The van der Waals surface area contributed by atoms with Gasteiger partial charge in [-0.05, 0) is 29.7 Å². The zero-order valence-electron chi connectivity index (χ0n) is 10.8. The van der Waals surface area contributed by atoms with Crippen LogP contribution < -0.4 is 5.32 Å². The van der Waals surface area contributed by atoms with Gasteiger partial charge in [-0.2, -0.15) is 0 Å². The van der Waals surface area contributed by atoms with Gasteiger partial charge in [-0.15, -0.1) is 0 Å². The Labute approximate surface area is 94.4 Å². The largest absolute Gasteiger partial charge is 0.314 e. The highest BCUT2D eigenvalue weighted by atomic mass is 15.2. The van der Waals surface area contributed by atoms with E-state index in [1.165, 1.54) is 39.1 Å². The standard InChI is InChI=1S/C13H26N2/c1-12(2)11(13(12,3)4)5-8-15-9-6-14-7-10-15/h11,14H,5-10H2,1-4H3. The topological polar surface area (TPSA) is 15.3 Å². The first-order valence-corrected chi connectivity index (χ1v) is 6.39. The molecule has 2 heteroatoms. The predicted octanol–water partition coefficient (Wildman–Crippen LogP) is 1.96. The normalized spacial score (nSPS) is 30.4. The highest BCUT2D eigenvalue weighted by Gasteiger charge is 2.63. The van der Waals surface area contributed by atoms with Crippen LogP contribution in [0.2, 0.25) is 0 Å². The number of piperazine rings is 1. The second-order valence-corrected chi connectivity index (χ2v) is 6.38. The maximum Gasteiger partial charge on any atom is 0.0107 e. The third kappa shape index (κ3) is 1.94. The summed E-state index contributed by atoms with van der Waals surface area (Å²) in [6.45, 7) is 15.9. The SMILES string of the molecule is CC1(C)C(CCN2CCNCC2)C1(C)C. The zero-order valence-corrected chi connectivity index (χ0v) is 10.8. The lowest BCUT2D eigenvalue weighted by molar-refractivity contribution is 0.229. The van der Waals surface area contributed by atoms with Crippen LogP contribution in [0.4, 0.5) is 0 Å². The molecule has 1 saturated carbocycles. The zero-order chi connectivity index (χ0) is 11.1. The van der Waals surface area contributed by atoms with E-state index in [4.69, 9.17) is 0 Å². The van der Waals surface area contributed by atoms with Crippen LogP contribution in [-0.2, 0) is 0 Å². The van der Waals surface area contributed by atoms with Gasteiger partial charge in [0.05, 0.1) is 0 Å². The van der Waals surface area contributed by atoms with Gasteiger partial charge in [0, 0.05) is 26.2 Å². The van der Waals surface area contributed by atoms with Gasteiger partial charge < -0.3 is 10.2 Å². The Hall–Kier alpha value is -0.0800. The number of nitrogens with one attached hydrogen (secondary N) is 1. The van der Waals surface area contributed by atoms with Crippen molar-refractivity contribution in [1.82, 2.24) is 10.2 Å². The fourth-order valence-corrected chi connectivity index (χ4v) is 3.30. The summed E-state index contributed by atoms with van der Waals surface area (Å²) in [6, 6.07) is 0. The summed E-state index contributed by atoms with van der Waals surface area (Å²) in [6.07, 6.45) is 1.39. The van der Waals surface area contributed by atoms with E-state index in [1.54, 1.807) is 0 Å². The molecule has 15 heavy (non-hydrogen) atoms. The number of rotatable bonds is 3. The van der Waals surface area contributed by atoms with Gasteiger partial charge in [-0.25, -0.2) is 0 Å². The Morgan fingerprint density at radius 1 is 1.07 bits per heavy atom. The van der Waals surface area contributed by atoms with Crippen LogP contribution >= 0.6 is 0 Å². The van der Waals surface area contributed by atoms with Crippen molar-refractivity contribution in [3.63, 3.8) is 0 Å². The predicted molar refractivity (Wildman–Crippen MR) is 65.0 cm³/mol. The van der Waals surface area contributed by atoms with Crippen molar-refractivity contribution in [2.75, 3.05) is 32.7 Å². The molecular weight excluding hydrogens is 184 g/mol. The molecule has 0 spiro atoms. The molecule has 2 nitrogen and oxygen atoms in total. The molecule has 0 atom stereocenters. The van der Waals surface area contributed by atoms with E-state index in [0.717, 1.165) is 5.92 Å². The lowest BCUT2D eigenvalue weighted by atomic mass is 10.0. The third-order valence-corrected chi connectivity index (χ3v) is 5.26. The summed E-state index contributed by atoms with van der Waals surface area (Å²) >= 11 is 0. The van der Waals surface area contributed by atoms with E-state index in [-0.39, 0.29) is 0 Å². The number of hydrogen-bond donors (Lipinski definition) is 1. The Morgan fingerprint density at radius 3 is 2.07 bits per heavy atom. The molecule has 0 unspecified atom stereocenters. The minimum atomic E-state index is 0.570. The number of hydrogen-bond acceptors (Lipinski definition) is 2. The molecule has 1 aliphatic heterocycles. The lowest BCUT2D eigenvalue weighted by Crippen LogP contribution is -2.43. The Balaban J connectivity index is 1.75. The molecule has 0 radical (unpaired) electrons. The molecule has 0 aromatic rings. The number of nitrogens with zero attached hydrogens (tertiary/aromatic N) is 1. The van der Waals surface area contributed by atoms with Crippen molar-refractivity contribution in [1.29, 1.82) is 0 Å². The van der Waals surface area contributed by atoms with Crippen molar-refractivity contribution in [2.24, 2.45) is 16.7 Å². The van der Waals surface area contributed by atoms with Crippen molar-refractivity contribution in [3.8, 4) is 0 Å².